The quantitative estimate of drug-likeness (QED) is 0.513. The van der Waals surface area contributed by atoms with Gasteiger partial charge in [-0.3, -0.25) is 14.3 Å². The molecule has 0 bridgehead atoms. The van der Waals surface area contributed by atoms with Crippen molar-refractivity contribution in [3.05, 3.63) is 88.3 Å². The minimum Gasteiger partial charge on any atom is -0.490 e. The molecule has 2 aromatic heterocycles. The maximum Gasteiger partial charge on any atom is 0.258 e. The van der Waals surface area contributed by atoms with E-state index < -0.39 is 0 Å². The number of H-pyrrole nitrogens is 1. The smallest absolute Gasteiger partial charge is 0.258 e. The zero-order valence-corrected chi connectivity index (χ0v) is 16.8. The largest absolute Gasteiger partial charge is 0.490 e. The number of aromatic nitrogens is 3. The summed E-state index contributed by atoms with van der Waals surface area (Å²) in [7, 11) is 0. The van der Waals surface area contributed by atoms with Crippen LogP contribution in [0.4, 0.5) is 5.82 Å². The van der Waals surface area contributed by atoms with Crippen LogP contribution in [0, 0.1) is 0 Å². The van der Waals surface area contributed by atoms with Gasteiger partial charge in [-0.1, -0.05) is 36.4 Å². The van der Waals surface area contributed by atoms with Gasteiger partial charge in [0.15, 0.2) is 5.82 Å². The molecule has 0 fully saturated rings. The minimum absolute atomic E-state index is 0.0316. The molecule has 30 heavy (non-hydrogen) atoms. The van der Waals surface area contributed by atoms with Gasteiger partial charge in [0.05, 0.1) is 29.1 Å². The highest BCUT2D eigenvalue weighted by Gasteiger charge is 2.19. The molecule has 0 aliphatic rings. The predicted molar refractivity (Wildman–Crippen MR) is 116 cm³/mol. The van der Waals surface area contributed by atoms with Crippen molar-refractivity contribution >= 4 is 22.6 Å². The third kappa shape index (κ3) is 4.10. The van der Waals surface area contributed by atoms with Crippen molar-refractivity contribution in [3.63, 3.8) is 0 Å². The van der Waals surface area contributed by atoms with Crippen LogP contribution in [0.2, 0.25) is 0 Å². The molecule has 0 radical (unpaired) electrons. The average Bonchev–Trinajstić information content (AvgIpc) is 3.07. The Morgan fingerprint density at radius 2 is 1.90 bits per heavy atom. The topological polar surface area (TPSA) is 89.0 Å². The summed E-state index contributed by atoms with van der Waals surface area (Å²) in [5, 5.41) is 8.27. The number of amides is 1. The number of hydrogen-bond donors (Lipinski definition) is 2. The molecule has 7 heteroatoms. The number of rotatable bonds is 6. The van der Waals surface area contributed by atoms with E-state index in [9.17, 15) is 9.59 Å². The van der Waals surface area contributed by atoms with E-state index in [1.165, 1.54) is 18.3 Å². The molecule has 0 aliphatic carbocycles. The van der Waals surface area contributed by atoms with Crippen molar-refractivity contribution in [3.8, 4) is 5.75 Å². The first-order valence-electron chi connectivity index (χ1n) is 9.71. The van der Waals surface area contributed by atoms with Gasteiger partial charge in [0.1, 0.15) is 5.75 Å². The molecule has 0 spiro atoms. The molecule has 4 aromatic rings. The molecule has 1 amide bonds. The number of carbonyl (C=O) groups is 1. The summed E-state index contributed by atoms with van der Waals surface area (Å²) in [4.78, 5) is 26.5. The molecule has 0 saturated heterocycles. The normalized spacial score (nSPS) is 11.0. The number of nitrogens with one attached hydrogen (secondary N) is 2. The van der Waals surface area contributed by atoms with Crippen LogP contribution in [-0.2, 0) is 6.54 Å². The summed E-state index contributed by atoms with van der Waals surface area (Å²) in [6.45, 7) is 4.45. The molecule has 4 rings (SSSR count). The van der Waals surface area contributed by atoms with Gasteiger partial charge >= 0.3 is 0 Å². The van der Waals surface area contributed by atoms with Gasteiger partial charge in [0.2, 0.25) is 5.56 Å². The Morgan fingerprint density at radius 3 is 2.60 bits per heavy atom. The van der Waals surface area contributed by atoms with Crippen molar-refractivity contribution in [1.29, 1.82) is 0 Å². The molecule has 7 nitrogen and oxygen atoms in total. The zero-order chi connectivity index (χ0) is 21.1. The van der Waals surface area contributed by atoms with Crippen molar-refractivity contribution in [1.82, 2.24) is 14.8 Å². The molecule has 0 saturated carbocycles. The van der Waals surface area contributed by atoms with Gasteiger partial charge in [0, 0.05) is 12.3 Å². The third-order valence-corrected chi connectivity index (χ3v) is 4.56. The van der Waals surface area contributed by atoms with Crippen LogP contribution in [0.1, 0.15) is 29.8 Å². The lowest BCUT2D eigenvalue weighted by atomic mass is 10.2. The number of hydrogen-bond acceptors (Lipinski definition) is 4. The number of pyridine rings is 1. The highest BCUT2D eigenvalue weighted by molar-refractivity contribution is 6.09. The zero-order valence-electron chi connectivity index (χ0n) is 16.8. The highest BCUT2D eigenvalue weighted by atomic mass is 16.5. The fraction of sp³-hybridized carbons (Fsp3) is 0.174. The summed E-state index contributed by atoms with van der Waals surface area (Å²) < 4.78 is 7.83. The Labute approximate surface area is 173 Å². The summed E-state index contributed by atoms with van der Waals surface area (Å²) in [6.07, 6.45) is 1.35. The number of fused-ring (bicyclic) bond motifs is 1. The van der Waals surface area contributed by atoms with Crippen molar-refractivity contribution in [2.24, 2.45) is 0 Å². The summed E-state index contributed by atoms with van der Waals surface area (Å²) in [5.74, 6) is 0.698. The second-order valence-corrected chi connectivity index (χ2v) is 7.20. The van der Waals surface area contributed by atoms with E-state index in [2.05, 4.69) is 15.4 Å². The molecule has 2 heterocycles. The lowest BCUT2D eigenvalue weighted by Gasteiger charge is -2.12. The Balaban J connectivity index is 1.77. The Kier molecular flexibility index (Phi) is 5.34. The number of aromatic amines is 1. The Morgan fingerprint density at radius 1 is 1.10 bits per heavy atom. The van der Waals surface area contributed by atoms with Gasteiger partial charge in [0.25, 0.3) is 5.91 Å². The van der Waals surface area contributed by atoms with Gasteiger partial charge in [-0.25, -0.2) is 0 Å². The lowest BCUT2D eigenvalue weighted by Crippen LogP contribution is -2.15. The van der Waals surface area contributed by atoms with Crippen molar-refractivity contribution < 1.29 is 9.53 Å². The average molecular weight is 402 g/mol. The molecular weight excluding hydrogens is 380 g/mol. The number of ether oxygens (including phenoxy) is 1. The number of anilines is 1. The van der Waals surface area contributed by atoms with Crippen LogP contribution in [0.5, 0.6) is 5.75 Å². The number of benzene rings is 2. The van der Waals surface area contributed by atoms with E-state index >= 15 is 0 Å². The molecule has 152 valence electrons. The van der Waals surface area contributed by atoms with E-state index in [0.29, 0.717) is 23.7 Å². The lowest BCUT2D eigenvalue weighted by molar-refractivity contribution is 0.102. The van der Waals surface area contributed by atoms with Gasteiger partial charge < -0.3 is 15.0 Å². The standard InChI is InChI=1S/C23H22N4O3/c1-15(2)30-19-10-6-9-18-21(19)22(25-23(29)17-11-12-20(28)24-13-17)26-27(18)14-16-7-4-3-5-8-16/h3-13,15H,14H2,1-2H3,(H,24,28)(H,25,26,29). The number of carbonyl (C=O) groups excluding carboxylic acids is 1. The van der Waals surface area contributed by atoms with Crippen LogP contribution in [0.3, 0.4) is 0 Å². The summed E-state index contributed by atoms with van der Waals surface area (Å²) in [5.41, 5.74) is 2.02. The van der Waals surface area contributed by atoms with Crippen LogP contribution < -0.4 is 15.6 Å². The minimum atomic E-state index is -0.364. The van der Waals surface area contributed by atoms with Crippen molar-refractivity contribution in [2.45, 2.75) is 26.5 Å². The van der Waals surface area contributed by atoms with Gasteiger partial charge in [-0.05, 0) is 37.6 Å². The van der Waals surface area contributed by atoms with E-state index in [4.69, 9.17) is 4.74 Å². The van der Waals surface area contributed by atoms with Crippen LogP contribution in [0.25, 0.3) is 10.9 Å². The SMILES string of the molecule is CC(C)Oc1cccc2c1c(NC(=O)c1ccc(=O)[nH]c1)nn2Cc1ccccc1. The van der Waals surface area contributed by atoms with Gasteiger partial charge in [-0.2, -0.15) is 5.10 Å². The molecule has 0 unspecified atom stereocenters. The first-order chi connectivity index (χ1) is 14.5. The van der Waals surface area contributed by atoms with E-state index in [0.717, 1.165) is 16.5 Å². The fourth-order valence-electron chi connectivity index (χ4n) is 3.25. The first-order valence-corrected chi connectivity index (χ1v) is 9.71. The first kappa shape index (κ1) is 19.4. The molecule has 2 aromatic carbocycles. The second-order valence-electron chi connectivity index (χ2n) is 7.20. The molecule has 0 aliphatic heterocycles. The predicted octanol–water partition coefficient (Wildman–Crippen LogP) is 3.81. The maximum absolute atomic E-state index is 12.7. The second kappa shape index (κ2) is 8.24. The molecular formula is C23H22N4O3. The third-order valence-electron chi connectivity index (χ3n) is 4.56. The number of nitrogens with zero attached hydrogens (tertiary/aromatic N) is 2. The fourth-order valence-corrected chi connectivity index (χ4v) is 3.25. The molecule has 2 N–H and O–H groups in total. The van der Waals surface area contributed by atoms with Crippen LogP contribution in [0.15, 0.2) is 71.7 Å². The van der Waals surface area contributed by atoms with E-state index in [-0.39, 0.29) is 17.6 Å². The van der Waals surface area contributed by atoms with E-state index in [1.54, 1.807) is 0 Å². The Hall–Kier alpha value is -3.87. The van der Waals surface area contributed by atoms with Crippen LogP contribution >= 0.6 is 0 Å². The monoisotopic (exact) mass is 402 g/mol. The highest BCUT2D eigenvalue weighted by Crippen LogP contribution is 2.33. The maximum atomic E-state index is 12.7. The van der Waals surface area contributed by atoms with Crippen LogP contribution in [-0.4, -0.2) is 26.8 Å². The Bertz CT molecular complexity index is 1220. The van der Waals surface area contributed by atoms with Gasteiger partial charge in [-0.15, -0.1) is 0 Å². The van der Waals surface area contributed by atoms with Crippen molar-refractivity contribution in [2.75, 3.05) is 5.32 Å². The molecule has 0 atom stereocenters. The van der Waals surface area contributed by atoms with E-state index in [1.807, 2.05) is 67.1 Å². The summed E-state index contributed by atoms with van der Waals surface area (Å²) >= 11 is 0. The summed E-state index contributed by atoms with van der Waals surface area (Å²) in [6, 6.07) is 18.5.